The van der Waals surface area contributed by atoms with Crippen LogP contribution in [0.2, 0.25) is 0 Å². The topological polar surface area (TPSA) is 243 Å². The van der Waals surface area contributed by atoms with E-state index in [0.29, 0.717) is 5.56 Å². The molecular formula is C34H38O15. The predicted molar refractivity (Wildman–Crippen MR) is 168 cm³/mol. The molecule has 2 aliphatic heterocycles. The largest absolute Gasteiger partial charge is 0.461 e. The highest BCUT2D eigenvalue weighted by molar-refractivity contribution is 5.88. The Balaban J connectivity index is 1.68. The molecule has 0 saturated carbocycles. The average molecular weight is 687 g/mol. The Bertz CT molecular complexity index is 1730. The van der Waals surface area contributed by atoms with Crippen molar-refractivity contribution in [2.24, 2.45) is 0 Å². The number of esters is 1. The van der Waals surface area contributed by atoms with Crippen molar-refractivity contribution in [3.63, 3.8) is 0 Å². The number of ketones is 1. The Morgan fingerprint density at radius 2 is 1.53 bits per heavy atom. The third-order valence-corrected chi connectivity index (χ3v) is 8.38. The highest BCUT2D eigenvalue weighted by atomic mass is 16.7. The van der Waals surface area contributed by atoms with E-state index in [1.54, 1.807) is 30.3 Å². The van der Waals surface area contributed by atoms with Crippen LogP contribution in [0.3, 0.4) is 0 Å². The first-order valence-corrected chi connectivity index (χ1v) is 15.5. The van der Waals surface area contributed by atoms with E-state index < -0.39 is 85.8 Å². The molecule has 0 spiro atoms. The summed E-state index contributed by atoms with van der Waals surface area (Å²) in [6.07, 6.45) is -14.8. The van der Waals surface area contributed by atoms with Crippen LogP contribution in [0.4, 0.5) is 0 Å². The molecule has 0 aliphatic carbocycles. The van der Waals surface area contributed by atoms with Gasteiger partial charge in [-0.25, -0.2) is 4.79 Å². The first-order valence-electron chi connectivity index (χ1n) is 15.5. The Kier molecular flexibility index (Phi) is 11.3. The number of benzene rings is 2. The van der Waals surface area contributed by atoms with Crippen LogP contribution in [0, 0.1) is 6.92 Å². The highest BCUT2D eigenvalue weighted by Gasteiger charge is 2.50. The number of aliphatic hydroxyl groups is 7. The van der Waals surface area contributed by atoms with Crippen molar-refractivity contribution >= 4 is 28.8 Å². The molecule has 15 heteroatoms. The van der Waals surface area contributed by atoms with Gasteiger partial charge < -0.3 is 59.1 Å². The van der Waals surface area contributed by atoms with Crippen molar-refractivity contribution in [1.29, 1.82) is 0 Å². The third kappa shape index (κ3) is 7.60. The van der Waals surface area contributed by atoms with Gasteiger partial charge in [0.05, 0.1) is 30.6 Å². The summed E-state index contributed by atoms with van der Waals surface area (Å²) >= 11 is 0. The Morgan fingerprint density at radius 3 is 2.18 bits per heavy atom. The van der Waals surface area contributed by atoms with Crippen LogP contribution < -0.4 is 10.2 Å². The van der Waals surface area contributed by atoms with Crippen LogP contribution >= 0.6 is 0 Å². The Hall–Kier alpha value is -4.03. The van der Waals surface area contributed by atoms with Crippen molar-refractivity contribution in [1.82, 2.24) is 0 Å². The van der Waals surface area contributed by atoms with E-state index in [4.69, 9.17) is 23.4 Å². The predicted octanol–water partition coefficient (Wildman–Crippen LogP) is -0.809. The zero-order chi connectivity index (χ0) is 35.6. The van der Waals surface area contributed by atoms with Crippen LogP contribution in [-0.4, -0.2) is 116 Å². The van der Waals surface area contributed by atoms with Crippen LogP contribution in [0.1, 0.15) is 35.5 Å². The second-order valence-corrected chi connectivity index (χ2v) is 12.0. The molecule has 7 N–H and O–H groups in total. The number of ether oxygens (including phenoxy) is 4. The smallest absolute Gasteiger partial charge is 0.331 e. The summed E-state index contributed by atoms with van der Waals surface area (Å²) in [4.78, 5) is 38.6. The molecule has 2 saturated heterocycles. The second-order valence-electron chi connectivity index (χ2n) is 12.0. The molecule has 2 aromatic carbocycles. The van der Waals surface area contributed by atoms with Crippen molar-refractivity contribution in [2.45, 2.75) is 81.5 Å². The van der Waals surface area contributed by atoms with E-state index in [-0.39, 0.29) is 45.8 Å². The lowest BCUT2D eigenvalue weighted by atomic mass is 9.88. The quantitative estimate of drug-likeness (QED) is 0.102. The number of aliphatic hydroxyl groups excluding tert-OH is 7. The number of rotatable bonds is 10. The van der Waals surface area contributed by atoms with E-state index in [0.717, 1.165) is 12.1 Å². The minimum atomic E-state index is -1.88. The number of hydrogen-bond donors (Lipinski definition) is 7. The van der Waals surface area contributed by atoms with Gasteiger partial charge in [0.2, 0.25) is 6.29 Å². The highest BCUT2D eigenvalue weighted by Crippen LogP contribution is 2.44. The van der Waals surface area contributed by atoms with E-state index in [2.05, 4.69) is 0 Å². The first kappa shape index (κ1) is 36.3. The zero-order valence-corrected chi connectivity index (χ0v) is 26.5. The van der Waals surface area contributed by atoms with Gasteiger partial charge in [-0.1, -0.05) is 30.3 Å². The number of Topliss-reactive ketones (excluding diaryl/α,β-unsaturated/α-hetero) is 1. The summed E-state index contributed by atoms with van der Waals surface area (Å²) in [5.74, 6) is -1.64. The lowest BCUT2D eigenvalue weighted by Gasteiger charge is -2.43. The molecule has 0 amide bonds. The summed E-state index contributed by atoms with van der Waals surface area (Å²) in [6.45, 7) is 1.23. The molecular weight excluding hydrogens is 648 g/mol. The average Bonchev–Trinajstić information content (AvgIpc) is 3.06. The van der Waals surface area contributed by atoms with Gasteiger partial charge in [-0.05, 0) is 37.1 Å². The summed E-state index contributed by atoms with van der Waals surface area (Å²) in [5, 5.41) is 73.3. The van der Waals surface area contributed by atoms with Gasteiger partial charge in [-0.15, -0.1) is 0 Å². The number of carbonyl (C=O) groups excluding carboxylic acids is 2. The minimum Gasteiger partial charge on any atom is -0.461 e. The normalized spacial score (nSPS) is 30.4. The van der Waals surface area contributed by atoms with E-state index in [1.807, 2.05) is 0 Å². The van der Waals surface area contributed by atoms with Crippen LogP contribution in [0.25, 0.3) is 17.0 Å². The number of aryl methyl sites for hydroxylation is 1. The van der Waals surface area contributed by atoms with Gasteiger partial charge in [0.15, 0.2) is 11.5 Å². The number of fused-ring (bicyclic) bond motifs is 1. The lowest BCUT2D eigenvalue weighted by Crippen LogP contribution is -2.60. The molecule has 10 atom stereocenters. The summed E-state index contributed by atoms with van der Waals surface area (Å²) in [6, 6.07) is 11.2. The summed E-state index contributed by atoms with van der Waals surface area (Å²) in [5.41, 5.74) is -0.124. The van der Waals surface area contributed by atoms with Crippen LogP contribution in [0.5, 0.6) is 5.75 Å². The van der Waals surface area contributed by atoms with E-state index in [1.165, 1.54) is 26.0 Å². The zero-order valence-electron chi connectivity index (χ0n) is 26.5. The Labute approximate surface area is 279 Å². The third-order valence-electron chi connectivity index (χ3n) is 8.38. The molecule has 264 valence electrons. The number of carbonyl (C=O) groups is 2. The fraction of sp³-hybridized carbons (Fsp3) is 0.441. The molecule has 2 aliphatic rings. The molecule has 2 fully saturated rings. The fourth-order valence-corrected chi connectivity index (χ4v) is 5.91. The van der Waals surface area contributed by atoms with Gasteiger partial charge in [-0.2, -0.15) is 0 Å². The van der Waals surface area contributed by atoms with E-state index in [9.17, 15) is 50.1 Å². The molecule has 15 nitrogen and oxygen atoms in total. The summed E-state index contributed by atoms with van der Waals surface area (Å²) in [7, 11) is 0. The van der Waals surface area contributed by atoms with Crippen molar-refractivity contribution in [3.8, 4) is 5.75 Å². The second kappa shape index (κ2) is 15.2. The van der Waals surface area contributed by atoms with Gasteiger partial charge in [-0.3, -0.25) is 9.59 Å². The van der Waals surface area contributed by atoms with Crippen LogP contribution in [0.15, 0.2) is 57.8 Å². The monoisotopic (exact) mass is 686 g/mol. The lowest BCUT2D eigenvalue weighted by molar-refractivity contribution is -0.278. The molecule has 5 rings (SSSR count). The SMILES string of the molecule is CC(=O)Cc1cc(=O)c2c(C)cc(OC3OC(CO)C(O)C(O)C3O)c(C3OC(CO)C(O)C(O)C3OC(=O)C=Cc3ccccc3)c2o1. The fourth-order valence-electron chi connectivity index (χ4n) is 5.91. The molecule has 49 heavy (non-hydrogen) atoms. The van der Waals surface area contributed by atoms with E-state index >= 15 is 0 Å². The van der Waals surface area contributed by atoms with Gasteiger partial charge in [0.25, 0.3) is 0 Å². The van der Waals surface area contributed by atoms with Gasteiger partial charge >= 0.3 is 5.97 Å². The first-order chi connectivity index (χ1) is 23.3. The Morgan fingerprint density at radius 1 is 0.878 bits per heavy atom. The summed E-state index contributed by atoms with van der Waals surface area (Å²) < 4.78 is 29.3. The maximum atomic E-state index is 13.4. The molecule has 1 aromatic heterocycles. The standard InChI is InChI=1S/C34H38O15/c1-15-10-20(47-34-30(44)28(42)26(40)22(14-36)48-34)25(31-24(15)19(38)12-18(45-31)11-16(2)37)32-33(29(43)27(41)21(13-35)46-32)49-23(39)9-8-17-6-4-3-5-7-17/h3-10,12,21-22,26-30,32-36,40-44H,11,13-14H2,1-2H3. The molecule has 10 unspecified atom stereocenters. The molecule has 3 heterocycles. The van der Waals surface area contributed by atoms with Crippen molar-refractivity contribution in [3.05, 3.63) is 81.2 Å². The molecule has 3 aromatic rings. The van der Waals surface area contributed by atoms with Crippen molar-refractivity contribution in [2.75, 3.05) is 13.2 Å². The molecule has 0 bridgehead atoms. The maximum Gasteiger partial charge on any atom is 0.331 e. The maximum absolute atomic E-state index is 13.4. The van der Waals surface area contributed by atoms with Gasteiger partial charge in [0.1, 0.15) is 71.7 Å². The minimum absolute atomic E-state index is 0.0257. The number of hydrogen-bond acceptors (Lipinski definition) is 15. The van der Waals surface area contributed by atoms with Crippen LogP contribution in [-0.2, 0) is 30.2 Å². The van der Waals surface area contributed by atoms with Crippen molar-refractivity contribution < 1.29 is 68.7 Å². The van der Waals surface area contributed by atoms with Gasteiger partial charge in [0, 0.05) is 12.1 Å². The molecule has 0 radical (unpaired) electrons.